The van der Waals surface area contributed by atoms with Gasteiger partial charge in [-0.1, -0.05) is 44.5 Å². The summed E-state index contributed by atoms with van der Waals surface area (Å²) in [7, 11) is 0. The molecule has 0 saturated carbocycles. The molecule has 10 heteroatoms. The van der Waals surface area contributed by atoms with E-state index in [9.17, 15) is 18.8 Å². The molecule has 8 nitrogen and oxygen atoms in total. The number of thiophene rings is 1. The zero-order valence-corrected chi connectivity index (χ0v) is 23.2. The lowest BCUT2D eigenvalue weighted by atomic mass is 10.0. The molecule has 2 heterocycles. The minimum Gasteiger partial charge on any atom is -0.446 e. The number of carbonyl (C=O) groups excluding carboxylic acids is 3. The van der Waals surface area contributed by atoms with Crippen LogP contribution in [0.5, 0.6) is 0 Å². The summed E-state index contributed by atoms with van der Waals surface area (Å²) in [6.45, 7) is 16.6. The van der Waals surface area contributed by atoms with Crippen molar-refractivity contribution in [3.63, 3.8) is 0 Å². The van der Waals surface area contributed by atoms with Crippen molar-refractivity contribution < 1.29 is 23.5 Å². The topological polar surface area (TPSA) is 93.9 Å². The molecule has 1 aliphatic heterocycles. The second-order valence-corrected chi connectivity index (χ2v) is 9.43. The quantitative estimate of drug-likeness (QED) is 0.110. The molecule has 0 unspecified atom stereocenters. The normalized spacial score (nSPS) is 12.9. The minimum atomic E-state index is -0.965. The molecule has 1 aromatic heterocycles. The number of carbonyl (C=O) groups is 3. The van der Waals surface area contributed by atoms with Crippen LogP contribution in [0.25, 0.3) is 0 Å². The molecule has 1 saturated heterocycles. The van der Waals surface area contributed by atoms with E-state index in [1.54, 1.807) is 24.0 Å². The Morgan fingerprint density at radius 2 is 1.73 bits per heavy atom. The third-order valence-corrected chi connectivity index (χ3v) is 6.55. The first-order chi connectivity index (χ1) is 19.2. The van der Waals surface area contributed by atoms with Crippen LogP contribution in [0.2, 0.25) is 0 Å². The number of hydrogen-bond acceptors (Lipinski definition) is 7. The smallest absolute Gasteiger partial charge is 0.346 e. The highest BCUT2D eigenvalue weighted by molar-refractivity contribution is 7.12. The maximum atomic E-state index is 13.7. The molecule has 0 radical (unpaired) electrons. The molecule has 40 heavy (non-hydrogen) atoms. The van der Waals surface area contributed by atoms with Crippen LogP contribution >= 0.6 is 11.3 Å². The Bertz CT molecular complexity index is 1330. The third kappa shape index (κ3) is 8.40. The number of nitrogens with zero attached hydrogens (tertiary/aromatic N) is 4. The van der Waals surface area contributed by atoms with Gasteiger partial charge in [0.25, 0.3) is 11.8 Å². The van der Waals surface area contributed by atoms with Gasteiger partial charge in [0.15, 0.2) is 6.61 Å². The zero-order valence-electron chi connectivity index (χ0n) is 22.4. The lowest BCUT2D eigenvalue weighted by Gasteiger charge is -2.38. The highest BCUT2D eigenvalue weighted by Gasteiger charge is 2.33. The largest absolute Gasteiger partial charge is 0.446 e. The first-order valence-electron chi connectivity index (χ1n) is 12.2. The van der Waals surface area contributed by atoms with Crippen LogP contribution in [-0.4, -0.2) is 65.3 Å². The molecule has 0 spiro atoms. The van der Waals surface area contributed by atoms with Gasteiger partial charge in [0.1, 0.15) is 17.5 Å². The van der Waals surface area contributed by atoms with Gasteiger partial charge in [-0.25, -0.2) is 9.18 Å². The SMILES string of the molecule is C=C=C.C=CN(Cc1ccc(F)cc1)C(=O)/C(C(=O)OCC#N)=C(\C(=C)C)N1CCN(C(=O)c2cccs2)CC1. The summed E-state index contributed by atoms with van der Waals surface area (Å²) >= 11 is 1.37. The fourth-order valence-electron chi connectivity index (χ4n) is 3.94. The van der Waals surface area contributed by atoms with Crippen molar-refractivity contribution in [2.24, 2.45) is 0 Å². The highest BCUT2D eigenvalue weighted by Crippen LogP contribution is 2.25. The minimum absolute atomic E-state index is 0.0320. The number of benzene rings is 1. The summed E-state index contributed by atoms with van der Waals surface area (Å²) in [6.07, 6.45) is 1.27. The van der Waals surface area contributed by atoms with Crippen LogP contribution in [0, 0.1) is 17.1 Å². The van der Waals surface area contributed by atoms with Gasteiger partial charge in [-0.3, -0.25) is 9.59 Å². The van der Waals surface area contributed by atoms with E-state index >= 15 is 0 Å². The average Bonchev–Trinajstić information content (AvgIpc) is 3.49. The Morgan fingerprint density at radius 3 is 2.23 bits per heavy atom. The monoisotopic (exact) mass is 562 g/mol. The van der Waals surface area contributed by atoms with E-state index in [1.165, 1.54) is 46.7 Å². The summed E-state index contributed by atoms with van der Waals surface area (Å²) in [4.78, 5) is 44.9. The van der Waals surface area contributed by atoms with E-state index in [4.69, 9.17) is 10.00 Å². The molecule has 0 atom stereocenters. The van der Waals surface area contributed by atoms with E-state index in [0.29, 0.717) is 42.2 Å². The summed E-state index contributed by atoms with van der Waals surface area (Å²) in [5.74, 6) is -2.15. The van der Waals surface area contributed by atoms with Gasteiger partial charge < -0.3 is 19.4 Å². The standard InChI is InChI=1S/C27H27FN4O4S.C3H4/c1-4-30(18-20-7-9-21(28)10-8-20)26(34)23(27(35)36-16-11-29)24(19(2)3)31-12-14-32(15-13-31)25(33)22-6-5-17-37-22;1-3-2/h4-10,17H,1-2,12-16,18H2,3H3;1-2H2/b24-23-;. The van der Waals surface area contributed by atoms with Crippen molar-refractivity contribution in [1.82, 2.24) is 14.7 Å². The molecule has 0 bridgehead atoms. The fraction of sp³-hybridized carbons (Fsp3) is 0.233. The molecule has 0 N–H and O–H groups in total. The predicted molar refractivity (Wildman–Crippen MR) is 152 cm³/mol. The Labute approximate surface area is 237 Å². The fourth-order valence-corrected chi connectivity index (χ4v) is 4.63. The molecule has 1 fully saturated rings. The highest BCUT2D eigenvalue weighted by atomic mass is 32.1. The van der Waals surface area contributed by atoms with Gasteiger partial charge in [0, 0.05) is 32.4 Å². The Hall–Kier alpha value is -4.71. The van der Waals surface area contributed by atoms with Crippen LogP contribution in [0.15, 0.2) is 96.9 Å². The lowest BCUT2D eigenvalue weighted by Crippen LogP contribution is -2.49. The van der Waals surface area contributed by atoms with Gasteiger partial charge in [-0.2, -0.15) is 5.26 Å². The molecular formula is C30H31FN4O4S. The van der Waals surface area contributed by atoms with Crippen molar-refractivity contribution in [1.29, 1.82) is 5.26 Å². The summed E-state index contributed by atoms with van der Waals surface area (Å²) in [5, 5.41) is 10.8. The van der Waals surface area contributed by atoms with Crippen molar-refractivity contribution in [2.75, 3.05) is 32.8 Å². The molecule has 2 aromatic rings. The Morgan fingerprint density at radius 1 is 1.12 bits per heavy atom. The van der Waals surface area contributed by atoms with E-state index < -0.39 is 24.3 Å². The number of hydrogen-bond donors (Lipinski definition) is 0. The first kappa shape index (κ1) is 31.5. The van der Waals surface area contributed by atoms with Crippen molar-refractivity contribution in [3.05, 3.63) is 113 Å². The van der Waals surface area contributed by atoms with Gasteiger partial charge in [0.2, 0.25) is 0 Å². The lowest BCUT2D eigenvalue weighted by molar-refractivity contribution is -0.141. The first-order valence-corrected chi connectivity index (χ1v) is 13.1. The summed E-state index contributed by atoms with van der Waals surface area (Å²) in [6, 6.07) is 10.9. The molecule has 3 rings (SSSR count). The molecule has 2 amide bonds. The van der Waals surface area contributed by atoms with Gasteiger partial charge >= 0.3 is 5.97 Å². The van der Waals surface area contributed by atoms with Crippen molar-refractivity contribution in [2.45, 2.75) is 13.5 Å². The Kier molecular flexibility index (Phi) is 12.3. The van der Waals surface area contributed by atoms with E-state index in [0.717, 1.165) is 0 Å². The second-order valence-electron chi connectivity index (χ2n) is 8.49. The molecule has 208 valence electrons. The van der Waals surface area contributed by atoms with Gasteiger partial charge in [0.05, 0.1) is 17.1 Å². The van der Waals surface area contributed by atoms with Crippen LogP contribution < -0.4 is 0 Å². The van der Waals surface area contributed by atoms with Crippen molar-refractivity contribution in [3.8, 4) is 6.07 Å². The van der Waals surface area contributed by atoms with Gasteiger partial charge in [-0.15, -0.1) is 17.1 Å². The van der Waals surface area contributed by atoms with Crippen LogP contribution in [0.4, 0.5) is 4.39 Å². The maximum Gasteiger partial charge on any atom is 0.346 e. The summed E-state index contributed by atoms with van der Waals surface area (Å²) < 4.78 is 18.4. The number of allylic oxidation sites excluding steroid dienone is 1. The Balaban J connectivity index is 0.00000178. The van der Waals surface area contributed by atoms with Crippen LogP contribution in [-0.2, 0) is 20.9 Å². The number of esters is 1. The second kappa shape index (κ2) is 15.6. The summed E-state index contributed by atoms with van der Waals surface area (Å²) in [5.41, 5.74) is 3.31. The number of rotatable bonds is 9. The molecule has 0 aliphatic carbocycles. The molecule has 1 aliphatic rings. The zero-order chi connectivity index (χ0) is 29.7. The number of ether oxygens (including phenoxy) is 1. The van der Waals surface area contributed by atoms with Crippen molar-refractivity contribution >= 4 is 29.1 Å². The average molecular weight is 563 g/mol. The van der Waals surface area contributed by atoms with Crippen LogP contribution in [0.1, 0.15) is 22.2 Å². The number of amides is 2. The van der Waals surface area contributed by atoms with Crippen LogP contribution in [0.3, 0.4) is 0 Å². The van der Waals surface area contributed by atoms with E-state index in [-0.39, 0.29) is 23.7 Å². The number of nitriles is 1. The maximum absolute atomic E-state index is 13.7. The number of halogens is 1. The van der Waals surface area contributed by atoms with Gasteiger partial charge in [-0.05, 0) is 41.6 Å². The molecule has 1 aromatic carbocycles. The van der Waals surface area contributed by atoms with E-state index in [1.807, 2.05) is 16.3 Å². The van der Waals surface area contributed by atoms with E-state index in [2.05, 4.69) is 32.0 Å². The number of piperazine rings is 1. The predicted octanol–water partition coefficient (Wildman–Crippen LogP) is 4.67. The molecular weight excluding hydrogens is 531 g/mol. The third-order valence-electron chi connectivity index (χ3n) is 5.69.